The first-order valence-electron chi connectivity index (χ1n) is 20.1. The van der Waals surface area contributed by atoms with Crippen molar-refractivity contribution in [2.45, 2.75) is 0 Å². The van der Waals surface area contributed by atoms with Crippen LogP contribution < -0.4 is 0 Å². The van der Waals surface area contributed by atoms with Crippen molar-refractivity contribution in [2.24, 2.45) is 0 Å². The molecule has 5 nitrogen and oxygen atoms in total. The van der Waals surface area contributed by atoms with E-state index in [0.29, 0.717) is 38.8 Å². The molecule has 0 bridgehead atoms. The summed E-state index contributed by atoms with van der Waals surface area (Å²) in [7, 11) is 0. The predicted molar refractivity (Wildman–Crippen MR) is 178 cm³/mol. The van der Waals surface area contributed by atoms with Gasteiger partial charge < -0.3 is 8.98 Å². The first-order valence-corrected chi connectivity index (χ1v) is 13.6. The topological polar surface area (TPSA) is 56.7 Å². The van der Waals surface area contributed by atoms with E-state index in [1.165, 1.54) is 4.57 Å². The van der Waals surface area contributed by atoms with Crippen molar-refractivity contribution in [1.29, 1.82) is 0 Å². The normalized spacial score (nSPS) is 15.8. The molecule has 3 aromatic heterocycles. The van der Waals surface area contributed by atoms with Crippen LogP contribution in [0.1, 0.15) is 17.8 Å². The monoisotopic (exact) mass is 577 g/mol. The van der Waals surface area contributed by atoms with Crippen LogP contribution in [0, 0.1) is 0 Å². The summed E-state index contributed by atoms with van der Waals surface area (Å²) in [6.45, 7) is 0. The second-order valence-corrected chi connectivity index (χ2v) is 9.92. The molecule has 0 fully saturated rings. The van der Waals surface area contributed by atoms with Crippen LogP contribution in [0.2, 0.25) is 0 Å². The molecular formula is C39H24N4O. The number of hydrogen-bond donors (Lipinski definition) is 0. The van der Waals surface area contributed by atoms with Crippen LogP contribution in [-0.4, -0.2) is 19.5 Å². The van der Waals surface area contributed by atoms with Crippen LogP contribution in [0.5, 0.6) is 0 Å². The Kier molecular flexibility index (Phi) is 3.30. The van der Waals surface area contributed by atoms with E-state index >= 15 is 0 Å². The van der Waals surface area contributed by atoms with Crippen LogP contribution in [0.25, 0.3) is 83.6 Å². The molecule has 0 aliphatic heterocycles. The second kappa shape index (κ2) is 9.75. The van der Waals surface area contributed by atoms with E-state index in [1.54, 1.807) is 60.7 Å². The van der Waals surface area contributed by atoms with Gasteiger partial charge in [-0.2, -0.15) is 0 Å². The summed E-state index contributed by atoms with van der Waals surface area (Å²) in [6.07, 6.45) is 0. The smallest absolute Gasteiger partial charge is 0.167 e. The largest absolute Gasteiger partial charge is 0.455 e. The van der Waals surface area contributed by atoms with Gasteiger partial charge in [-0.3, -0.25) is 0 Å². The Morgan fingerprint density at radius 2 is 1.18 bits per heavy atom. The summed E-state index contributed by atoms with van der Waals surface area (Å²) in [4.78, 5) is 14.0. The molecule has 0 atom stereocenters. The lowest BCUT2D eigenvalue weighted by molar-refractivity contribution is 0.669. The number of hydrogen-bond acceptors (Lipinski definition) is 4. The molecular weight excluding hydrogens is 540 g/mol. The minimum atomic E-state index is -0.556. The van der Waals surface area contributed by atoms with E-state index in [4.69, 9.17) is 27.2 Å². The molecule has 0 radical (unpaired) electrons. The van der Waals surface area contributed by atoms with Crippen molar-refractivity contribution in [2.75, 3.05) is 0 Å². The third-order valence-electron chi connectivity index (χ3n) is 7.40. The van der Waals surface area contributed by atoms with E-state index in [-0.39, 0.29) is 44.8 Å². The van der Waals surface area contributed by atoms with Crippen molar-refractivity contribution in [3.05, 3.63) is 145 Å². The van der Waals surface area contributed by atoms with Crippen LogP contribution in [0.4, 0.5) is 0 Å². The molecule has 0 N–H and O–H groups in total. The molecule has 0 saturated carbocycles. The second-order valence-electron chi connectivity index (χ2n) is 9.92. The zero-order valence-corrected chi connectivity index (χ0v) is 22.5. The molecule has 0 aliphatic carbocycles. The summed E-state index contributed by atoms with van der Waals surface area (Å²) in [5.74, 6) is 0.120. The average Bonchev–Trinajstić information content (AvgIpc) is 3.79. The van der Waals surface area contributed by atoms with Gasteiger partial charge in [0.15, 0.2) is 17.5 Å². The fraction of sp³-hybridized carbons (Fsp3) is 0. The predicted octanol–water partition coefficient (Wildman–Crippen LogP) is 9.87. The molecule has 9 aromatic rings. The highest BCUT2D eigenvalue weighted by Crippen LogP contribution is 2.38. The van der Waals surface area contributed by atoms with Gasteiger partial charge in [-0.05, 0) is 36.4 Å². The highest BCUT2D eigenvalue weighted by Gasteiger charge is 2.19. The molecule has 6 aromatic carbocycles. The maximum atomic E-state index is 8.88. The van der Waals surface area contributed by atoms with Gasteiger partial charge in [-0.15, -0.1) is 0 Å². The SMILES string of the molecule is [2H]c1c([2H])c([2H])c(-c2nc(-c3ccccc3)nc(-c3cccc4c3oc3ccc(-n5c6c([2H])c([2H])c([2H])c([2H])c6c6c([2H])c([2H])c([2H])c([2H])c65)cc34)n2)c([2H])c1[2H]. The van der Waals surface area contributed by atoms with Gasteiger partial charge in [-0.25, -0.2) is 15.0 Å². The van der Waals surface area contributed by atoms with Crippen molar-refractivity contribution in [1.82, 2.24) is 19.5 Å². The number of furan rings is 1. The van der Waals surface area contributed by atoms with Crippen molar-refractivity contribution in [3.63, 3.8) is 0 Å². The van der Waals surface area contributed by atoms with Crippen LogP contribution in [-0.2, 0) is 0 Å². The number of rotatable bonds is 4. The Morgan fingerprint density at radius 3 is 1.93 bits per heavy atom. The molecule has 0 unspecified atom stereocenters. The quantitative estimate of drug-likeness (QED) is 0.209. The average molecular weight is 578 g/mol. The number of para-hydroxylation sites is 3. The molecule has 3 heterocycles. The number of fused-ring (bicyclic) bond motifs is 6. The third kappa shape index (κ3) is 3.83. The number of nitrogens with zero attached hydrogens (tertiary/aromatic N) is 4. The first kappa shape index (κ1) is 14.9. The van der Waals surface area contributed by atoms with E-state index in [2.05, 4.69) is 9.97 Å². The Morgan fingerprint density at radius 1 is 0.523 bits per heavy atom. The summed E-state index contributed by atoms with van der Waals surface area (Å²) < 4.78 is 119. The highest BCUT2D eigenvalue weighted by molar-refractivity contribution is 6.12. The van der Waals surface area contributed by atoms with Crippen LogP contribution in [0.15, 0.2) is 150 Å². The fourth-order valence-corrected chi connectivity index (χ4v) is 5.47. The summed E-state index contributed by atoms with van der Waals surface area (Å²) in [5, 5.41) is 1.03. The molecule has 9 rings (SSSR count). The van der Waals surface area contributed by atoms with Crippen LogP contribution in [0.3, 0.4) is 0 Å². The van der Waals surface area contributed by atoms with Crippen molar-refractivity contribution < 1.29 is 22.2 Å². The Balaban J connectivity index is 1.32. The van der Waals surface area contributed by atoms with Gasteiger partial charge in [0.05, 0.1) is 34.4 Å². The molecule has 0 amide bonds. The number of benzene rings is 6. The van der Waals surface area contributed by atoms with E-state index in [9.17, 15) is 0 Å². The summed E-state index contributed by atoms with van der Waals surface area (Å²) >= 11 is 0. The maximum Gasteiger partial charge on any atom is 0.167 e. The lowest BCUT2D eigenvalue weighted by atomic mass is 10.1. The zero-order chi connectivity index (χ0) is 40.3. The van der Waals surface area contributed by atoms with E-state index in [1.807, 2.05) is 6.07 Å². The standard InChI is InChI=1S/C39H24N4O/c1-3-12-25(13-4-1)37-40-38(26-14-5-2-6-15-26)42-39(41-37)31-19-11-18-30-32-24-27(22-23-35(32)44-36(30)31)43-33-20-9-7-16-28(33)29-17-8-10-21-34(29)43/h1-24H/i1D,3D,4D,7D,8D,9D,10D,12D,13D,16D,17D,20D,21D. The highest BCUT2D eigenvalue weighted by atomic mass is 16.3. The van der Waals surface area contributed by atoms with Crippen molar-refractivity contribution in [3.8, 4) is 39.9 Å². The lowest BCUT2D eigenvalue weighted by Crippen LogP contribution is -2.00. The Bertz CT molecular complexity index is 3130. The molecule has 0 saturated heterocycles. The van der Waals surface area contributed by atoms with Gasteiger partial charge in [0.25, 0.3) is 0 Å². The van der Waals surface area contributed by atoms with E-state index < -0.39 is 78.6 Å². The minimum Gasteiger partial charge on any atom is -0.455 e. The zero-order valence-electron chi connectivity index (χ0n) is 35.5. The van der Waals surface area contributed by atoms with Crippen LogP contribution >= 0.6 is 0 Å². The molecule has 44 heavy (non-hydrogen) atoms. The van der Waals surface area contributed by atoms with Gasteiger partial charge in [0.2, 0.25) is 0 Å². The van der Waals surface area contributed by atoms with Gasteiger partial charge in [0.1, 0.15) is 11.2 Å². The maximum absolute atomic E-state index is 8.88. The fourth-order valence-electron chi connectivity index (χ4n) is 5.47. The van der Waals surface area contributed by atoms with Crippen molar-refractivity contribution >= 4 is 43.7 Å². The van der Waals surface area contributed by atoms with Gasteiger partial charge in [0, 0.05) is 38.4 Å². The Hall–Kier alpha value is -6.07. The Labute approximate surface area is 271 Å². The molecule has 5 heteroatoms. The third-order valence-corrected chi connectivity index (χ3v) is 7.40. The molecule has 0 aliphatic rings. The van der Waals surface area contributed by atoms with E-state index in [0.717, 1.165) is 0 Å². The number of aromatic nitrogens is 4. The first-order chi connectivity index (χ1) is 27.2. The molecule has 0 spiro atoms. The molecule has 206 valence electrons. The lowest BCUT2D eigenvalue weighted by Gasteiger charge is -2.08. The van der Waals surface area contributed by atoms with Gasteiger partial charge >= 0.3 is 0 Å². The summed E-state index contributed by atoms with van der Waals surface area (Å²) in [5.41, 5.74) is 1.79. The minimum absolute atomic E-state index is 0.0188. The summed E-state index contributed by atoms with van der Waals surface area (Å²) in [6, 6.07) is 12.7. The van der Waals surface area contributed by atoms with Gasteiger partial charge in [-0.1, -0.05) is 109 Å².